The molecule has 1 aromatic rings. The van der Waals surface area contributed by atoms with Crippen LogP contribution in [0.4, 0.5) is 16.2 Å². The second-order valence-electron chi connectivity index (χ2n) is 6.67. The van der Waals surface area contributed by atoms with Gasteiger partial charge in [0.15, 0.2) is 0 Å². The molecule has 1 aliphatic heterocycles. The summed E-state index contributed by atoms with van der Waals surface area (Å²) in [6.45, 7) is 2.40. The van der Waals surface area contributed by atoms with Crippen molar-refractivity contribution in [3.8, 4) is 0 Å². The number of carbonyl (C=O) groups excluding carboxylic acids is 1. The van der Waals surface area contributed by atoms with Crippen molar-refractivity contribution < 1.29 is 13.2 Å². The van der Waals surface area contributed by atoms with Crippen molar-refractivity contribution in [1.29, 1.82) is 0 Å². The number of benzene rings is 1. The Morgan fingerprint density at radius 2 is 1.92 bits per heavy atom. The van der Waals surface area contributed by atoms with Gasteiger partial charge in [-0.1, -0.05) is 25.3 Å². The summed E-state index contributed by atoms with van der Waals surface area (Å²) in [5, 5.41) is 5.90. The molecule has 0 radical (unpaired) electrons. The van der Waals surface area contributed by atoms with Crippen LogP contribution >= 0.6 is 0 Å². The van der Waals surface area contributed by atoms with Crippen LogP contribution in [0.5, 0.6) is 0 Å². The Morgan fingerprint density at radius 1 is 1.17 bits per heavy atom. The predicted molar refractivity (Wildman–Crippen MR) is 96.0 cm³/mol. The summed E-state index contributed by atoms with van der Waals surface area (Å²) >= 11 is 0. The van der Waals surface area contributed by atoms with Gasteiger partial charge in [-0.05, 0) is 43.9 Å². The summed E-state index contributed by atoms with van der Waals surface area (Å²) in [7, 11) is -3.22. The number of aryl methyl sites for hydroxylation is 1. The van der Waals surface area contributed by atoms with Crippen molar-refractivity contribution in [3.05, 3.63) is 23.8 Å². The minimum atomic E-state index is -3.22. The van der Waals surface area contributed by atoms with Crippen LogP contribution in [0.1, 0.15) is 44.1 Å². The minimum absolute atomic E-state index is 0.186. The fourth-order valence-electron chi connectivity index (χ4n) is 3.42. The van der Waals surface area contributed by atoms with Gasteiger partial charge >= 0.3 is 6.03 Å². The molecule has 0 spiro atoms. The molecule has 1 aliphatic carbocycles. The first-order chi connectivity index (χ1) is 11.5. The third-order valence-corrected chi connectivity index (χ3v) is 6.67. The van der Waals surface area contributed by atoms with Gasteiger partial charge in [0.1, 0.15) is 0 Å². The first kappa shape index (κ1) is 17.1. The van der Waals surface area contributed by atoms with E-state index in [0.29, 0.717) is 24.3 Å². The average Bonchev–Trinajstić information content (AvgIpc) is 2.90. The van der Waals surface area contributed by atoms with E-state index in [4.69, 9.17) is 0 Å². The number of nitrogens with zero attached hydrogens (tertiary/aromatic N) is 1. The summed E-state index contributed by atoms with van der Waals surface area (Å²) in [6, 6.07) is 5.41. The van der Waals surface area contributed by atoms with Crippen LogP contribution in [0.3, 0.4) is 0 Å². The summed E-state index contributed by atoms with van der Waals surface area (Å²) in [4.78, 5) is 12.2. The second-order valence-corrected chi connectivity index (χ2v) is 8.69. The largest absolute Gasteiger partial charge is 0.335 e. The Hall–Kier alpha value is -1.76. The van der Waals surface area contributed by atoms with E-state index in [-0.39, 0.29) is 17.8 Å². The van der Waals surface area contributed by atoms with Crippen LogP contribution in [-0.2, 0) is 10.0 Å². The number of anilines is 2. The zero-order valence-corrected chi connectivity index (χ0v) is 14.9. The SMILES string of the molecule is Cc1ccc(N2CCCS2(=O)=O)cc1NC(=O)NC1CCCCC1. The van der Waals surface area contributed by atoms with Gasteiger partial charge in [0.2, 0.25) is 10.0 Å². The van der Waals surface area contributed by atoms with Gasteiger partial charge in [0, 0.05) is 18.3 Å². The maximum atomic E-state index is 12.2. The lowest BCUT2D eigenvalue weighted by atomic mass is 9.96. The Kier molecular flexibility index (Phi) is 4.99. The maximum absolute atomic E-state index is 12.2. The fraction of sp³-hybridized carbons (Fsp3) is 0.588. The number of carbonyl (C=O) groups is 1. The lowest BCUT2D eigenvalue weighted by Gasteiger charge is -2.23. The van der Waals surface area contributed by atoms with Gasteiger partial charge < -0.3 is 10.6 Å². The van der Waals surface area contributed by atoms with Crippen LogP contribution in [0, 0.1) is 6.92 Å². The zero-order valence-electron chi connectivity index (χ0n) is 14.0. The lowest BCUT2D eigenvalue weighted by Crippen LogP contribution is -2.39. The standard InChI is InChI=1S/C17H25N3O3S/c1-13-8-9-15(20-10-5-11-24(20,22)23)12-16(13)19-17(21)18-14-6-3-2-4-7-14/h8-9,12,14H,2-7,10-11H2,1H3,(H2,18,19,21). The molecule has 1 saturated heterocycles. The summed E-state index contributed by atoms with van der Waals surface area (Å²) in [5.41, 5.74) is 2.18. The highest BCUT2D eigenvalue weighted by Crippen LogP contribution is 2.28. The molecule has 0 atom stereocenters. The molecule has 2 aliphatic rings. The van der Waals surface area contributed by atoms with Crippen molar-refractivity contribution >= 4 is 27.4 Å². The van der Waals surface area contributed by atoms with Crippen molar-refractivity contribution in [2.75, 3.05) is 21.9 Å². The van der Waals surface area contributed by atoms with Gasteiger partial charge in [-0.25, -0.2) is 13.2 Å². The molecule has 1 saturated carbocycles. The molecule has 2 fully saturated rings. The van der Waals surface area contributed by atoms with E-state index in [1.807, 2.05) is 13.0 Å². The number of sulfonamides is 1. The monoisotopic (exact) mass is 351 g/mol. The molecule has 0 bridgehead atoms. The Balaban J connectivity index is 1.71. The van der Waals surface area contributed by atoms with Crippen LogP contribution in [0.15, 0.2) is 18.2 Å². The molecule has 6 nitrogen and oxygen atoms in total. The molecule has 0 aromatic heterocycles. The lowest BCUT2D eigenvalue weighted by molar-refractivity contribution is 0.244. The molecule has 1 aromatic carbocycles. The molecule has 0 unspecified atom stereocenters. The molecule has 7 heteroatoms. The third-order valence-electron chi connectivity index (χ3n) is 4.80. The van der Waals surface area contributed by atoms with E-state index in [9.17, 15) is 13.2 Å². The van der Waals surface area contributed by atoms with Crippen molar-refractivity contribution in [2.24, 2.45) is 0 Å². The van der Waals surface area contributed by atoms with Crippen molar-refractivity contribution in [3.63, 3.8) is 0 Å². The smallest absolute Gasteiger partial charge is 0.319 e. The van der Waals surface area contributed by atoms with Gasteiger partial charge in [0.25, 0.3) is 0 Å². The highest BCUT2D eigenvalue weighted by molar-refractivity contribution is 7.93. The van der Waals surface area contributed by atoms with Gasteiger partial charge in [-0.2, -0.15) is 0 Å². The normalized spacial score (nSPS) is 20.8. The van der Waals surface area contributed by atoms with E-state index < -0.39 is 10.0 Å². The highest BCUT2D eigenvalue weighted by atomic mass is 32.2. The van der Waals surface area contributed by atoms with Gasteiger partial charge in [-0.15, -0.1) is 0 Å². The summed E-state index contributed by atoms with van der Waals surface area (Å²) in [5.74, 6) is 0.186. The molecular weight excluding hydrogens is 326 g/mol. The minimum Gasteiger partial charge on any atom is -0.335 e. The van der Waals surface area contributed by atoms with Gasteiger partial charge in [0.05, 0.1) is 11.4 Å². The number of amides is 2. The molecule has 1 heterocycles. The summed E-state index contributed by atoms with van der Waals surface area (Å²) in [6.07, 6.45) is 6.25. The topological polar surface area (TPSA) is 78.5 Å². The molecule has 2 amide bonds. The number of nitrogens with one attached hydrogen (secondary N) is 2. The number of rotatable bonds is 3. The second kappa shape index (κ2) is 7.01. The van der Waals surface area contributed by atoms with E-state index >= 15 is 0 Å². The Morgan fingerprint density at radius 3 is 2.58 bits per heavy atom. The first-order valence-corrected chi connectivity index (χ1v) is 10.3. The van der Waals surface area contributed by atoms with Crippen LogP contribution in [-0.4, -0.2) is 32.8 Å². The fourth-order valence-corrected chi connectivity index (χ4v) is 4.98. The van der Waals surface area contributed by atoms with E-state index in [2.05, 4.69) is 10.6 Å². The Labute approximate surface area is 143 Å². The summed E-state index contributed by atoms with van der Waals surface area (Å²) < 4.78 is 25.6. The van der Waals surface area contributed by atoms with Crippen molar-refractivity contribution in [2.45, 2.75) is 51.5 Å². The highest BCUT2D eigenvalue weighted by Gasteiger charge is 2.28. The third kappa shape index (κ3) is 3.83. The average molecular weight is 351 g/mol. The molecular formula is C17H25N3O3S. The van der Waals surface area contributed by atoms with E-state index in [1.54, 1.807) is 12.1 Å². The number of hydrogen-bond acceptors (Lipinski definition) is 3. The molecule has 2 N–H and O–H groups in total. The molecule has 24 heavy (non-hydrogen) atoms. The maximum Gasteiger partial charge on any atom is 0.319 e. The van der Waals surface area contributed by atoms with Crippen LogP contribution in [0.2, 0.25) is 0 Å². The molecule has 132 valence electrons. The molecule has 3 rings (SSSR count). The van der Waals surface area contributed by atoms with Crippen LogP contribution in [0.25, 0.3) is 0 Å². The van der Waals surface area contributed by atoms with Crippen LogP contribution < -0.4 is 14.9 Å². The van der Waals surface area contributed by atoms with E-state index in [0.717, 1.165) is 31.2 Å². The zero-order chi connectivity index (χ0) is 17.2. The first-order valence-electron chi connectivity index (χ1n) is 8.64. The number of hydrogen-bond donors (Lipinski definition) is 2. The predicted octanol–water partition coefficient (Wildman–Crippen LogP) is 2.99. The van der Waals surface area contributed by atoms with Crippen molar-refractivity contribution in [1.82, 2.24) is 5.32 Å². The number of urea groups is 1. The van der Waals surface area contributed by atoms with E-state index in [1.165, 1.54) is 10.7 Å². The quantitative estimate of drug-likeness (QED) is 0.879. The van der Waals surface area contributed by atoms with Gasteiger partial charge in [-0.3, -0.25) is 4.31 Å². The Bertz CT molecular complexity index is 712.